The number of esters is 2. The molecule has 154 valence electrons. The molecule has 3 aromatic rings. The van der Waals surface area contributed by atoms with E-state index in [0.717, 1.165) is 24.3 Å². The summed E-state index contributed by atoms with van der Waals surface area (Å²) in [6.45, 7) is 0. The van der Waals surface area contributed by atoms with Crippen LogP contribution in [0.3, 0.4) is 0 Å². The second-order valence-corrected chi connectivity index (χ2v) is 5.87. The van der Waals surface area contributed by atoms with Gasteiger partial charge in [0.05, 0.1) is 11.1 Å². The summed E-state index contributed by atoms with van der Waals surface area (Å²) < 4.78 is 50.4. The summed E-state index contributed by atoms with van der Waals surface area (Å²) in [5.41, 5.74) is 0.365. The fourth-order valence-corrected chi connectivity index (χ4v) is 2.30. The van der Waals surface area contributed by atoms with Crippen LogP contribution in [0.2, 0.25) is 0 Å². The molecule has 0 radical (unpaired) electrons. The van der Waals surface area contributed by atoms with E-state index in [-0.39, 0.29) is 28.4 Å². The molecule has 6 nitrogen and oxygen atoms in total. The van der Waals surface area contributed by atoms with E-state index in [0.29, 0.717) is 0 Å². The Kier molecular flexibility index (Phi) is 5.91. The molecule has 0 bridgehead atoms. The molecule has 0 unspecified atom stereocenters. The number of carbonyl (C=O) groups excluding carboxylic acids is 2. The normalized spacial score (nSPS) is 10.9. The van der Waals surface area contributed by atoms with Crippen molar-refractivity contribution >= 4 is 11.9 Å². The van der Waals surface area contributed by atoms with Gasteiger partial charge in [-0.15, -0.1) is 13.2 Å². The zero-order valence-electron chi connectivity index (χ0n) is 15.1. The number of aromatic hydroxyl groups is 1. The van der Waals surface area contributed by atoms with Crippen molar-refractivity contribution in [2.45, 2.75) is 6.36 Å². The molecule has 3 aromatic carbocycles. The maximum Gasteiger partial charge on any atom is 0.573 e. The number of benzene rings is 3. The van der Waals surface area contributed by atoms with Crippen molar-refractivity contribution in [1.82, 2.24) is 0 Å². The van der Waals surface area contributed by atoms with E-state index in [4.69, 9.17) is 9.47 Å². The smallest absolute Gasteiger partial charge is 0.508 e. The van der Waals surface area contributed by atoms with Crippen molar-refractivity contribution in [3.63, 3.8) is 0 Å². The Bertz CT molecular complexity index is 1030. The van der Waals surface area contributed by atoms with Gasteiger partial charge in [-0.05, 0) is 72.8 Å². The van der Waals surface area contributed by atoms with E-state index in [1.54, 1.807) is 0 Å². The molecule has 0 fully saturated rings. The minimum absolute atomic E-state index is 0.0110. The lowest BCUT2D eigenvalue weighted by Crippen LogP contribution is -2.17. The first-order valence-electron chi connectivity index (χ1n) is 8.39. The maximum atomic E-state index is 12.1. The average Bonchev–Trinajstić information content (AvgIpc) is 2.69. The summed E-state index contributed by atoms with van der Waals surface area (Å²) in [6, 6.07) is 15.3. The standard InChI is InChI=1S/C21H13F3O6/c22-21(23,24)30-18-11-9-17(10-12-18)29-20(27)14-3-7-16(8-4-14)28-19(26)13-1-5-15(25)6-2-13/h1-12,25H. The van der Waals surface area contributed by atoms with Gasteiger partial charge in [0, 0.05) is 0 Å². The molecule has 0 aromatic heterocycles. The summed E-state index contributed by atoms with van der Waals surface area (Å²) in [6.07, 6.45) is -4.81. The van der Waals surface area contributed by atoms with E-state index in [2.05, 4.69) is 4.74 Å². The Labute approximate surface area is 168 Å². The van der Waals surface area contributed by atoms with Gasteiger partial charge < -0.3 is 19.3 Å². The number of halogens is 3. The van der Waals surface area contributed by atoms with Gasteiger partial charge in [0.15, 0.2) is 0 Å². The van der Waals surface area contributed by atoms with Crippen LogP contribution in [0.15, 0.2) is 72.8 Å². The Morgan fingerprint density at radius 2 is 1.00 bits per heavy atom. The highest BCUT2D eigenvalue weighted by Crippen LogP contribution is 2.25. The molecule has 30 heavy (non-hydrogen) atoms. The van der Waals surface area contributed by atoms with E-state index in [1.807, 2.05) is 0 Å². The molecular weight excluding hydrogens is 405 g/mol. The highest BCUT2D eigenvalue weighted by molar-refractivity contribution is 5.92. The second kappa shape index (κ2) is 8.56. The van der Waals surface area contributed by atoms with Crippen LogP contribution in [-0.2, 0) is 0 Å². The van der Waals surface area contributed by atoms with Crippen LogP contribution >= 0.6 is 0 Å². The van der Waals surface area contributed by atoms with Gasteiger partial charge in [0.25, 0.3) is 0 Å². The predicted molar refractivity (Wildman–Crippen MR) is 97.6 cm³/mol. The SMILES string of the molecule is O=C(Oc1ccc(C(=O)Oc2ccc(OC(F)(F)F)cc2)cc1)c1ccc(O)cc1. The number of phenols is 1. The van der Waals surface area contributed by atoms with Gasteiger partial charge >= 0.3 is 18.3 Å². The summed E-state index contributed by atoms with van der Waals surface area (Å²) in [5, 5.41) is 9.23. The lowest BCUT2D eigenvalue weighted by atomic mass is 10.2. The van der Waals surface area contributed by atoms with Gasteiger partial charge in [-0.1, -0.05) is 0 Å². The zero-order valence-corrected chi connectivity index (χ0v) is 15.1. The van der Waals surface area contributed by atoms with Gasteiger partial charge in [-0.25, -0.2) is 9.59 Å². The van der Waals surface area contributed by atoms with Crippen LogP contribution in [0.1, 0.15) is 20.7 Å². The van der Waals surface area contributed by atoms with E-state index >= 15 is 0 Å². The van der Waals surface area contributed by atoms with Crippen LogP contribution in [0.5, 0.6) is 23.0 Å². The quantitative estimate of drug-likeness (QED) is 0.477. The molecule has 0 aliphatic heterocycles. The highest BCUT2D eigenvalue weighted by atomic mass is 19.4. The van der Waals surface area contributed by atoms with Crippen LogP contribution in [0.25, 0.3) is 0 Å². The maximum absolute atomic E-state index is 12.1. The molecule has 0 heterocycles. The number of hydrogen-bond donors (Lipinski definition) is 1. The largest absolute Gasteiger partial charge is 0.573 e. The van der Waals surface area contributed by atoms with Crippen molar-refractivity contribution < 1.29 is 42.1 Å². The second-order valence-electron chi connectivity index (χ2n) is 5.87. The first-order chi connectivity index (χ1) is 14.2. The Hall–Kier alpha value is -4.01. The molecule has 1 N–H and O–H groups in total. The minimum Gasteiger partial charge on any atom is -0.508 e. The number of ether oxygens (including phenoxy) is 3. The van der Waals surface area contributed by atoms with Crippen molar-refractivity contribution in [3.8, 4) is 23.0 Å². The van der Waals surface area contributed by atoms with Crippen molar-refractivity contribution in [3.05, 3.63) is 83.9 Å². The van der Waals surface area contributed by atoms with Gasteiger partial charge in [0.2, 0.25) is 0 Å². The third-order valence-electron chi connectivity index (χ3n) is 3.67. The Morgan fingerprint density at radius 3 is 1.43 bits per heavy atom. The molecule has 0 saturated heterocycles. The lowest BCUT2D eigenvalue weighted by molar-refractivity contribution is -0.274. The van der Waals surface area contributed by atoms with Crippen LogP contribution in [0, 0.1) is 0 Å². The fourth-order valence-electron chi connectivity index (χ4n) is 2.30. The topological polar surface area (TPSA) is 82.1 Å². The molecule has 0 aliphatic rings. The van der Waals surface area contributed by atoms with Gasteiger partial charge in [-0.2, -0.15) is 0 Å². The number of alkyl halides is 3. The monoisotopic (exact) mass is 418 g/mol. The summed E-state index contributed by atoms with van der Waals surface area (Å²) in [4.78, 5) is 24.2. The third-order valence-corrected chi connectivity index (χ3v) is 3.67. The average molecular weight is 418 g/mol. The predicted octanol–water partition coefficient (Wildman–Crippen LogP) is 4.73. The number of hydrogen-bond acceptors (Lipinski definition) is 6. The van der Waals surface area contributed by atoms with E-state index in [1.165, 1.54) is 48.5 Å². The first-order valence-corrected chi connectivity index (χ1v) is 8.39. The molecule has 3 rings (SSSR count). The van der Waals surface area contributed by atoms with Crippen LogP contribution in [0.4, 0.5) is 13.2 Å². The Balaban J connectivity index is 1.59. The fraction of sp³-hybridized carbons (Fsp3) is 0.0476. The Morgan fingerprint density at radius 1 is 0.633 bits per heavy atom. The summed E-state index contributed by atoms with van der Waals surface area (Å²) in [5.74, 6) is -1.63. The molecular formula is C21H13F3O6. The van der Waals surface area contributed by atoms with Gasteiger partial charge in [0.1, 0.15) is 23.0 Å². The molecule has 0 atom stereocenters. The number of carbonyl (C=O) groups is 2. The third kappa shape index (κ3) is 5.74. The van der Waals surface area contributed by atoms with Crippen molar-refractivity contribution in [1.29, 1.82) is 0 Å². The summed E-state index contributed by atoms with van der Waals surface area (Å²) >= 11 is 0. The van der Waals surface area contributed by atoms with Crippen molar-refractivity contribution in [2.75, 3.05) is 0 Å². The molecule has 0 spiro atoms. The lowest BCUT2D eigenvalue weighted by Gasteiger charge is -2.09. The number of phenolic OH excluding ortho intramolecular Hbond substituents is 1. The van der Waals surface area contributed by atoms with E-state index < -0.39 is 24.1 Å². The minimum atomic E-state index is -4.81. The zero-order chi connectivity index (χ0) is 21.7. The molecule has 0 saturated carbocycles. The molecule has 9 heteroatoms. The first kappa shape index (κ1) is 20.7. The molecule has 0 aliphatic carbocycles. The van der Waals surface area contributed by atoms with Crippen LogP contribution in [-0.4, -0.2) is 23.4 Å². The summed E-state index contributed by atoms with van der Waals surface area (Å²) in [7, 11) is 0. The molecule has 0 amide bonds. The van der Waals surface area contributed by atoms with Crippen molar-refractivity contribution in [2.24, 2.45) is 0 Å². The van der Waals surface area contributed by atoms with Crippen LogP contribution < -0.4 is 14.2 Å². The van der Waals surface area contributed by atoms with Gasteiger partial charge in [-0.3, -0.25) is 0 Å². The number of rotatable bonds is 5. The van der Waals surface area contributed by atoms with E-state index in [9.17, 15) is 27.9 Å². The highest BCUT2D eigenvalue weighted by Gasteiger charge is 2.31.